The second-order valence-corrected chi connectivity index (χ2v) is 4.82. The molecular weight excluding hydrogens is 307 g/mol. The monoisotopic (exact) mass is 319 g/mol. The van der Waals surface area contributed by atoms with E-state index in [2.05, 4.69) is 10.9 Å². The highest BCUT2D eigenvalue weighted by molar-refractivity contribution is 5.95. The number of hydrazine groups is 1. The number of nitrogens with one attached hydrogen (secondary N) is 2. The highest BCUT2D eigenvalue weighted by atomic mass is 19.4. The molecule has 0 spiro atoms. The topological polar surface area (TPSA) is 64.9 Å². The van der Waals surface area contributed by atoms with Crippen LogP contribution in [0.1, 0.15) is 27.0 Å². The van der Waals surface area contributed by atoms with Crippen molar-refractivity contribution in [3.05, 3.63) is 64.7 Å². The number of aryl methyl sites for hydroxylation is 1. The summed E-state index contributed by atoms with van der Waals surface area (Å²) < 4.78 is 39.0. The van der Waals surface area contributed by atoms with E-state index in [9.17, 15) is 18.0 Å². The molecule has 0 heterocycles. The van der Waals surface area contributed by atoms with Crippen molar-refractivity contribution in [3.63, 3.8) is 0 Å². The molecule has 0 saturated heterocycles. The zero-order valence-corrected chi connectivity index (χ0v) is 12.0. The summed E-state index contributed by atoms with van der Waals surface area (Å²) in [7, 11) is 0. The zero-order valence-electron chi connectivity index (χ0n) is 12.0. The smallest absolute Gasteiger partial charge is 0.298 e. The summed E-state index contributed by atoms with van der Waals surface area (Å²) in [6.45, 7) is 1.80. The molecule has 0 atom stereocenters. The normalized spacial score (nSPS) is 10.7. The zero-order chi connectivity index (χ0) is 17.0. The van der Waals surface area contributed by atoms with Gasteiger partial charge in [0.2, 0.25) is 0 Å². The van der Waals surface area contributed by atoms with Crippen molar-refractivity contribution < 1.29 is 18.0 Å². The van der Waals surface area contributed by atoms with Crippen LogP contribution in [0.2, 0.25) is 0 Å². The number of benzene rings is 2. The maximum atomic E-state index is 13.0. The molecule has 2 N–H and O–H groups in total. The molecule has 118 valence electrons. The number of halogens is 3. The number of nitrogens with zero attached hydrogens (tertiary/aromatic N) is 1. The molecule has 4 nitrogen and oxygen atoms in total. The van der Waals surface area contributed by atoms with Crippen molar-refractivity contribution in [2.45, 2.75) is 13.1 Å². The predicted molar refractivity (Wildman–Crippen MR) is 78.4 cm³/mol. The van der Waals surface area contributed by atoms with Gasteiger partial charge in [-0.15, -0.1) is 0 Å². The van der Waals surface area contributed by atoms with E-state index in [1.807, 2.05) is 0 Å². The van der Waals surface area contributed by atoms with Gasteiger partial charge < -0.3 is 0 Å². The summed E-state index contributed by atoms with van der Waals surface area (Å²) in [6.07, 6.45) is -4.65. The Balaban J connectivity index is 2.21. The standard InChI is InChI=1S/C16H12F3N3O/c1-10-3-2-4-12(7-10)15(23)22-21-14-6-5-11(9-20)8-13(14)16(17,18)19/h2-8,21H,1H3,(H,22,23). The molecule has 0 fully saturated rings. The molecular formula is C16H12F3N3O. The van der Waals surface area contributed by atoms with Crippen LogP contribution in [0.3, 0.4) is 0 Å². The number of amides is 1. The first-order valence-corrected chi connectivity index (χ1v) is 6.55. The van der Waals surface area contributed by atoms with E-state index in [-0.39, 0.29) is 11.3 Å². The van der Waals surface area contributed by atoms with Gasteiger partial charge in [0.1, 0.15) is 0 Å². The van der Waals surface area contributed by atoms with E-state index in [0.29, 0.717) is 5.56 Å². The fraction of sp³-hybridized carbons (Fsp3) is 0.125. The minimum atomic E-state index is -4.65. The Morgan fingerprint density at radius 2 is 1.91 bits per heavy atom. The van der Waals surface area contributed by atoms with Gasteiger partial charge in [0, 0.05) is 5.56 Å². The van der Waals surface area contributed by atoms with Gasteiger partial charge in [-0.3, -0.25) is 15.6 Å². The van der Waals surface area contributed by atoms with Crippen LogP contribution in [0.15, 0.2) is 42.5 Å². The second-order valence-electron chi connectivity index (χ2n) is 4.82. The lowest BCUT2D eigenvalue weighted by Gasteiger charge is -2.15. The third-order valence-electron chi connectivity index (χ3n) is 3.05. The molecule has 0 bridgehead atoms. The number of rotatable bonds is 3. The Morgan fingerprint density at radius 1 is 1.17 bits per heavy atom. The first kappa shape index (κ1) is 16.4. The first-order valence-electron chi connectivity index (χ1n) is 6.55. The van der Waals surface area contributed by atoms with Gasteiger partial charge in [0.05, 0.1) is 22.9 Å². The fourth-order valence-corrected chi connectivity index (χ4v) is 1.94. The maximum absolute atomic E-state index is 13.0. The van der Waals surface area contributed by atoms with Gasteiger partial charge in [0.25, 0.3) is 5.91 Å². The largest absolute Gasteiger partial charge is 0.418 e. The summed E-state index contributed by atoms with van der Waals surface area (Å²) in [5.41, 5.74) is 4.17. The molecule has 2 aromatic carbocycles. The Morgan fingerprint density at radius 3 is 2.52 bits per heavy atom. The van der Waals surface area contributed by atoms with Crippen molar-refractivity contribution in [2.75, 3.05) is 5.43 Å². The fourth-order valence-electron chi connectivity index (χ4n) is 1.94. The Kier molecular flexibility index (Phi) is 4.55. The third kappa shape index (κ3) is 4.01. The Labute approximate surface area is 130 Å². The molecule has 0 radical (unpaired) electrons. The SMILES string of the molecule is Cc1cccc(C(=O)NNc2ccc(C#N)cc2C(F)(F)F)c1. The number of hydrogen-bond donors (Lipinski definition) is 2. The quantitative estimate of drug-likeness (QED) is 0.849. The van der Waals surface area contributed by atoms with E-state index < -0.39 is 17.6 Å². The van der Waals surface area contributed by atoms with Gasteiger partial charge in [0.15, 0.2) is 0 Å². The van der Waals surface area contributed by atoms with Crippen LogP contribution < -0.4 is 10.9 Å². The third-order valence-corrected chi connectivity index (χ3v) is 3.05. The van der Waals surface area contributed by atoms with Crippen molar-refractivity contribution in [2.24, 2.45) is 0 Å². The molecule has 23 heavy (non-hydrogen) atoms. The number of alkyl halides is 3. The van der Waals surface area contributed by atoms with Gasteiger partial charge in [-0.05, 0) is 37.3 Å². The Hall–Kier alpha value is -3.01. The van der Waals surface area contributed by atoms with Gasteiger partial charge in [-0.25, -0.2) is 0 Å². The van der Waals surface area contributed by atoms with Crippen molar-refractivity contribution >= 4 is 11.6 Å². The van der Waals surface area contributed by atoms with Crippen LogP contribution in [-0.2, 0) is 6.18 Å². The van der Waals surface area contributed by atoms with Crippen LogP contribution in [0.25, 0.3) is 0 Å². The van der Waals surface area contributed by atoms with Crippen molar-refractivity contribution in [1.82, 2.24) is 5.43 Å². The first-order chi connectivity index (χ1) is 10.8. The molecule has 0 aromatic heterocycles. The van der Waals surface area contributed by atoms with Crippen molar-refractivity contribution in [1.29, 1.82) is 5.26 Å². The summed E-state index contributed by atoms with van der Waals surface area (Å²) in [6, 6.07) is 11.3. The van der Waals surface area contributed by atoms with Gasteiger partial charge in [-0.2, -0.15) is 18.4 Å². The van der Waals surface area contributed by atoms with Crippen LogP contribution >= 0.6 is 0 Å². The number of carbonyl (C=O) groups excluding carboxylic acids is 1. The van der Waals surface area contributed by atoms with E-state index in [1.165, 1.54) is 6.07 Å². The molecule has 0 unspecified atom stereocenters. The summed E-state index contributed by atoms with van der Waals surface area (Å²) in [4.78, 5) is 11.9. The molecule has 0 saturated carbocycles. The molecule has 0 aliphatic carbocycles. The summed E-state index contributed by atoms with van der Waals surface area (Å²) in [5, 5.41) is 8.70. The molecule has 7 heteroatoms. The molecule has 0 aliphatic heterocycles. The molecule has 1 amide bonds. The Bertz CT molecular complexity index is 779. The lowest BCUT2D eigenvalue weighted by molar-refractivity contribution is -0.137. The van der Waals surface area contributed by atoms with Gasteiger partial charge in [-0.1, -0.05) is 17.7 Å². The van der Waals surface area contributed by atoms with E-state index in [4.69, 9.17) is 5.26 Å². The summed E-state index contributed by atoms with van der Waals surface area (Å²) >= 11 is 0. The molecule has 0 aliphatic rings. The van der Waals surface area contributed by atoms with E-state index in [1.54, 1.807) is 37.3 Å². The van der Waals surface area contributed by atoms with E-state index in [0.717, 1.165) is 17.7 Å². The van der Waals surface area contributed by atoms with Gasteiger partial charge >= 0.3 is 6.18 Å². The summed E-state index contributed by atoms with van der Waals surface area (Å²) in [5.74, 6) is -0.564. The number of anilines is 1. The minimum Gasteiger partial charge on any atom is -0.298 e. The van der Waals surface area contributed by atoms with Crippen LogP contribution in [0.5, 0.6) is 0 Å². The van der Waals surface area contributed by atoms with Crippen molar-refractivity contribution in [3.8, 4) is 6.07 Å². The number of carbonyl (C=O) groups is 1. The average Bonchev–Trinajstić information content (AvgIpc) is 2.51. The highest BCUT2D eigenvalue weighted by Crippen LogP contribution is 2.35. The van der Waals surface area contributed by atoms with Crippen LogP contribution in [0.4, 0.5) is 18.9 Å². The highest BCUT2D eigenvalue weighted by Gasteiger charge is 2.34. The second kappa shape index (κ2) is 6.40. The average molecular weight is 319 g/mol. The number of nitriles is 1. The molecule has 2 rings (SSSR count). The van der Waals surface area contributed by atoms with Crippen LogP contribution in [0, 0.1) is 18.3 Å². The minimum absolute atomic E-state index is 0.118. The molecule has 2 aromatic rings. The number of hydrogen-bond acceptors (Lipinski definition) is 3. The lowest BCUT2D eigenvalue weighted by Crippen LogP contribution is -2.30. The predicted octanol–water partition coefficient (Wildman–Crippen LogP) is 3.64. The van der Waals surface area contributed by atoms with Crippen LogP contribution in [-0.4, -0.2) is 5.91 Å². The lowest BCUT2D eigenvalue weighted by atomic mass is 10.1. The van der Waals surface area contributed by atoms with E-state index >= 15 is 0 Å². The maximum Gasteiger partial charge on any atom is 0.418 e.